The van der Waals surface area contributed by atoms with Crippen molar-refractivity contribution >= 4 is 21.8 Å². The summed E-state index contributed by atoms with van der Waals surface area (Å²) in [4.78, 5) is 12.9. The number of nitrogens with zero attached hydrogens (tertiary/aromatic N) is 5. The fraction of sp³-hybridized carbons (Fsp3) is 0.500. The summed E-state index contributed by atoms with van der Waals surface area (Å²) in [6.07, 6.45) is 3.47. The molecule has 2 aliphatic heterocycles. The molecule has 0 aliphatic carbocycles. The molecular formula is C20H25F2N5O2S. The summed E-state index contributed by atoms with van der Waals surface area (Å²) in [6, 6.07) is 4.37. The molecule has 10 heteroatoms. The van der Waals surface area contributed by atoms with Gasteiger partial charge >= 0.3 is 0 Å². The van der Waals surface area contributed by atoms with E-state index in [4.69, 9.17) is 4.98 Å². The van der Waals surface area contributed by atoms with Gasteiger partial charge in [-0.05, 0) is 44.4 Å². The van der Waals surface area contributed by atoms with Crippen LogP contribution in [0.1, 0.15) is 25.0 Å². The van der Waals surface area contributed by atoms with Crippen molar-refractivity contribution in [2.24, 2.45) is 0 Å². The highest BCUT2D eigenvalue weighted by atomic mass is 32.2. The minimum Gasteiger partial charge on any atom is -0.354 e. The first-order chi connectivity index (χ1) is 14.3. The number of piperidine rings is 1. The molecule has 0 N–H and O–H groups in total. The van der Waals surface area contributed by atoms with E-state index in [0.29, 0.717) is 19.0 Å². The Labute approximate surface area is 175 Å². The van der Waals surface area contributed by atoms with Crippen molar-refractivity contribution in [3.63, 3.8) is 0 Å². The Balaban J connectivity index is 1.49. The molecule has 0 atom stereocenters. The van der Waals surface area contributed by atoms with Crippen LogP contribution in [0.5, 0.6) is 0 Å². The molecule has 4 rings (SSSR count). The predicted molar refractivity (Wildman–Crippen MR) is 110 cm³/mol. The number of aromatic nitrogens is 2. The van der Waals surface area contributed by atoms with E-state index in [1.54, 1.807) is 0 Å². The zero-order chi connectivity index (χ0) is 21.3. The van der Waals surface area contributed by atoms with Crippen LogP contribution in [0.3, 0.4) is 0 Å². The van der Waals surface area contributed by atoms with Gasteiger partial charge in [0.2, 0.25) is 16.0 Å². The normalized spacial score (nSPS) is 18.6. The van der Waals surface area contributed by atoms with Crippen LogP contribution in [0.4, 0.5) is 20.5 Å². The number of sulfonamides is 1. The minimum atomic E-state index is -4.10. The zero-order valence-electron chi connectivity index (χ0n) is 16.9. The van der Waals surface area contributed by atoms with E-state index in [-0.39, 0.29) is 13.1 Å². The van der Waals surface area contributed by atoms with Crippen LogP contribution in [0.2, 0.25) is 0 Å². The monoisotopic (exact) mass is 437 g/mol. The van der Waals surface area contributed by atoms with Gasteiger partial charge in [0.1, 0.15) is 22.3 Å². The van der Waals surface area contributed by atoms with Crippen molar-refractivity contribution in [1.29, 1.82) is 0 Å². The van der Waals surface area contributed by atoms with Gasteiger partial charge in [-0.25, -0.2) is 22.2 Å². The van der Waals surface area contributed by atoms with Crippen LogP contribution in [0.15, 0.2) is 29.2 Å². The highest BCUT2D eigenvalue weighted by Gasteiger charge is 2.31. The van der Waals surface area contributed by atoms with Crippen molar-refractivity contribution < 1.29 is 17.2 Å². The SMILES string of the molecule is Cc1cc(N2CCN(S(=O)(=O)c3cc(F)ccc3F)CC2)nc(N2CCCCC2)n1. The molecule has 0 radical (unpaired) electrons. The Hall–Kier alpha value is -2.33. The Bertz CT molecular complexity index is 1020. The van der Waals surface area contributed by atoms with Crippen molar-refractivity contribution in [3.05, 3.63) is 41.6 Å². The molecule has 2 saturated heterocycles. The molecule has 3 heterocycles. The van der Waals surface area contributed by atoms with Crippen LogP contribution in [-0.4, -0.2) is 62.0 Å². The van der Waals surface area contributed by atoms with Crippen LogP contribution in [0, 0.1) is 18.6 Å². The number of anilines is 2. The summed E-state index contributed by atoms with van der Waals surface area (Å²) in [7, 11) is -4.10. The second kappa shape index (κ2) is 8.43. The number of benzene rings is 1. The molecule has 7 nitrogen and oxygen atoms in total. The molecule has 0 saturated carbocycles. The fourth-order valence-electron chi connectivity index (χ4n) is 3.91. The Morgan fingerprint density at radius 3 is 2.27 bits per heavy atom. The molecule has 2 fully saturated rings. The number of aryl methyl sites for hydroxylation is 1. The van der Waals surface area contributed by atoms with E-state index < -0.39 is 26.6 Å². The van der Waals surface area contributed by atoms with Gasteiger partial charge < -0.3 is 9.80 Å². The van der Waals surface area contributed by atoms with E-state index in [0.717, 1.165) is 55.6 Å². The van der Waals surface area contributed by atoms with Gasteiger partial charge in [0, 0.05) is 51.0 Å². The summed E-state index contributed by atoms with van der Waals surface area (Å²) in [6.45, 7) is 4.95. The van der Waals surface area contributed by atoms with Gasteiger partial charge in [-0.3, -0.25) is 0 Å². The molecule has 2 aromatic rings. The van der Waals surface area contributed by atoms with E-state index in [1.165, 1.54) is 10.7 Å². The van der Waals surface area contributed by atoms with Gasteiger partial charge in [-0.2, -0.15) is 9.29 Å². The maximum absolute atomic E-state index is 14.0. The Kier molecular flexibility index (Phi) is 5.88. The fourth-order valence-corrected chi connectivity index (χ4v) is 5.40. The van der Waals surface area contributed by atoms with Gasteiger partial charge in [0.05, 0.1) is 0 Å². The standard InChI is InChI=1S/C20H25F2N5O2S/c1-15-13-19(24-20(23-15)26-7-3-2-4-8-26)25-9-11-27(12-10-25)30(28,29)18-14-16(21)5-6-17(18)22/h5-6,13-14H,2-4,7-12H2,1H3. The van der Waals surface area contributed by atoms with Crippen molar-refractivity contribution in [1.82, 2.24) is 14.3 Å². The molecule has 1 aromatic carbocycles. The van der Waals surface area contributed by atoms with E-state index in [1.807, 2.05) is 17.9 Å². The van der Waals surface area contributed by atoms with Crippen molar-refractivity contribution in [2.45, 2.75) is 31.1 Å². The topological polar surface area (TPSA) is 69.6 Å². The van der Waals surface area contributed by atoms with Crippen LogP contribution in [0.25, 0.3) is 0 Å². The van der Waals surface area contributed by atoms with Gasteiger partial charge in [-0.1, -0.05) is 0 Å². The lowest BCUT2D eigenvalue weighted by Gasteiger charge is -2.35. The maximum Gasteiger partial charge on any atom is 0.246 e. The zero-order valence-corrected chi connectivity index (χ0v) is 17.7. The average molecular weight is 438 g/mol. The summed E-state index contributed by atoms with van der Waals surface area (Å²) in [5, 5.41) is 0. The summed E-state index contributed by atoms with van der Waals surface area (Å²) in [5.74, 6) is -0.259. The first-order valence-electron chi connectivity index (χ1n) is 10.2. The molecule has 1 aromatic heterocycles. The molecule has 0 amide bonds. The minimum absolute atomic E-state index is 0.167. The van der Waals surface area contributed by atoms with E-state index in [9.17, 15) is 17.2 Å². The number of hydrogen-bond acceptors (Lipinski definition) is 6. The van der Waals surface area contributed by atoms with Crippen molar-refractivity contribution in [3.8, 4) is 0 Å². The highest BCUT2D eigenvalue weighted by molar-refractivity contribution is 7.89. The summed E-state index contributed by atoms with van der Waals surface area (Å²) >= 11 is 0. The predicted octanol–water partition coefficient (Wildman–Crippen LogP) is 2.56. The Morgan fingerprint density at radius 2 is 1.57 bits per heavy atom. The van der Waals surface area contributed by atoms with Gasteiger partial charge in [0.15, 0.2) is 0 Å². The first kappa shape index (κ1) is 20.9. The first-order valence-corrected chi connectivity index (χ1v) is 11.6. The molecule has 2 aliphatic rings. The molecule has 0 bridgehead atoms. The van der Waals surface area contributed by atoms with Crippen LogP contribution < -0.4 is 9.80 Å². The van der Waals surface area contributed by atoms with Gasteiger partial charge in [-0.15, -0.1) is 0 Å². The third-order valence-corrected chi connectivity index (χ3v) is 7.46. The van der Waals surface area contributed by atoms with Gasteiger partial charge in [0.25, 0.3) is 0 Å². The van der Waals surface area contributed by atoms with E-state index in [2.05, 4.69) is 9.88 Å². The highest BCUT2D eigenvalue weighted by Crippen LogP contribution is 2.25. The number of piperazine rings is 1. The Morgan fingerprint density at radius 1 is 0.867 bits per heavy atom. The van der Waals surface area contributed by atoms with Crippen LogP contribution >= 0.6 is 0 Å². The smallest absolute Gasteiger partial charge is 0.246 e. The second-order valence-electron chi connectivity index (χ2n) is 7.68. The molecular weight excluding hydrogens is 412 g/mol. The molecule has 30 heavy (non-hydrogen) atoms. The second-order valence-corrected chi connectivity index (χ2v) is 9.59. The lowest BCUT2D eigenvalue weighted by molar-refractivity contribution is 0.380. The lowest BCUT2D eigenvalue weighted by Crippen LogP contribution is -2.49. The summed E-state index contributed by atoms with van der Waals surface area (Å²) < 4.78 is 54.3. The third kappa shape index (κ3) is 4.24. The third-order valence-electron chi connectivity index (χ3n) is 5.54. The van der Waals surface area contributed by atoms with Crippen LogP contribution in [-0.2, 0) is 10.0 Å². The largest absolute Gasteiger partial charge is 0.354 e. The average Bonchev–Trinajstić information content (AvgIpc) is 2.75. The molecule has 162 valence electrons. The number of rotatable bonds is 4. The molecule has 0 unspecified atom stereocenters. The molecule has 0 spiro atoms. The maximum atomic E-state index is 14.0. The van der Waals surface area contributed by atoms with Crippen molar-refractivity contribution in [2.75, 3.05) is 49.1 Å². The lowest BCUT2D eigenvalue weighted by atomic mass is 10.1. The summed E-state index contributed by atoms with van der Waals surface area (Å²) in [5.41, 5.74) is 0.859. The van der Waals surface area contributed by atoms with E-state index >= 15 is 0 Å². The quantitative estimate of drug-likeness (QED) is 0.732. The number of hydrogen-bond donors (Lipinski definition) is 0. The number of halogens is 2.